The Morgan fingerprint density at radius 2 is 1.84 bits per heavy atom. The highest BCUT2D eigenvalue weighted by atomic mass is 79.9. The third kappa shape index (κ3) is 3.86. The molecule has 1 N–H and O–H groups in total. The minimum absolute atomic E-state index is 0.0165. The fourth-order valence-electron chi connectivity index (χ4n) is 3.53. The van der Waals surface area contributed by atoms with E-state index >= 15 is 0 Å². The first kappa shape index (κ1) is 20.9. The average molecular weight is 483 g/mol. The fraction of sp³-hybridized carbons (Fsp3) is 0.174. The molecular formula is C23H19BrN2O5. The van der Waals surface area contributed by atoms with Gasteiger partial charge in [0.1, 0.15) is 17.3 Å². The van der Waals surface area contributed by atoms with E-state index < -0.39 is 17.7 Å². The minimum atomic E-state index is -0.857. The zero-order valence-corrected chi connectivity index (χ0v) is 18.4. The third-order valence-corrected chi connectivity index (χ3v) is 5.46. The molecule has 1 amide bonds. The molecule has 4 rings (SSSR count). The largest absolute Gasteiger partial charge is 0.507 e. The molecule has 1 aromatic heterocycles. The van der Waals surface area contributed by atoms with Crippen LogP contribution in [0, 0.1) is 6.92 Å². The van der Waals surface area contributed by atoms with Gasteiger partial charge < -0.3 is 14.4 Å². The van der Waals surface area contributed by atoms with Crippen LogP contribution in [0.5, 0.6) is 5.75 Å². The zero-order chi connectivity index (χ0) is 22.1. The van der Waals surface area contributed by atoms with E-state index in [4.69, 9.17) is 9.26 Å². The number of rotatable bonds is 5. The van der Waals surface area contributed by atoms with E-state index in [0.29, 0.717) is 29.2 Å². The number of aromatic nitrogens is 1. The molecular weight excluding hydrogens is 464 g/mol. The van der Waals surface area contributed by atoms with Gasteiger partial charge in [-0.25, -0.2) is 0 Å². The summed E-state index contributed by atoms with van der Waals surface area (Å²) in [6.45, 7) is 4.08. The Morgan fingerprint density at radius 3 is 2.42 bits per heavy atom. The fourth-order valence-corrected chi connectivity index (χ4v) is 3.79. The molecule has 1 aliphatic rings. The quantitative estimate of drug-likeness (QED) is 0.319. The molecule has 2 heterocycles. The molecule has 0 bridgehead atoms. The highest BCUT2D eigenvalue weighted by Gasteiger charge is 2.48. The maximum absolute atomic E-state index is 13.0. The normalized spacial score (nSPS) is 17.9. The number of amides is 1. The number of nitrogens with zero attached hydrogens (tertiary/aromatic N) is 2. The molecule has 7 nitrogen and oxygen atoms in total. The van der Waals surface area contributed by atoms with Crippen molar-refractivity contribution in [1.82, 2.24) is 5.16 Å². The van der Waals surface area contributed by atoms with Gasteiger partial charge in [0.05, 0.1) is 18.2 Å². The summed E-state index contributed by atoms with van der Waals surface area (Å²) >= 11 is 3.39. The predicted molar refractivity (Wildman–Crippen MR) is 118 cm³/mol. The van der Waals surface area contributed by atoms with Crippen molar-refractivity contribution in [2.24, 2.45) is 0 Å². The van der Waals surface area contributed by atoms with Crippen molar-refractivity contribution >= 4 is 39.2 Å². The molecule has 158 valence electrons. The summed E-state index contributed by atoms with van der Waals surface area (Å²) in [5.41, 5.74) is 1.03. The monoisotopic (exact) mass is 482 g/mol. The molecule has 0 radical (unpaired) electrons. The first-order valence-electron chi connectivity index (χ1n) is 9.63. The molecule has 3 aromatic rings. The lowest BCUT2D eigenvalue weighted by atomic mass is 9.95. The number of halogens is 1. The second kappa shape index (κ2) is 8.39. The topological polar surface area (TPSA) is 92.9 Å². The smallest absolute Gasteiger partial charge is 0.301 e. The van der Waals surface area contributed by atoms with E-state index in [-0.39, 0.29) is 17.2 Å². The lowest BCUT2D eigenvalue weighted by molar-refractivity contribution is -0.132. The number of carbonyl (C=O) groups is 2. The number of hydrogen-bond donors (Lipinski definition) is 1. The number of aryl methyl sites for hydroxylation is 1. The van der Waals surface area contributed by atoms with Gasteiger partial charge in [0.15, 0.2) is 5.82 Å². The first-order chi connectivity index (χ1) is 14.9. The van der Waals surface area contributed by atoms with Gasteiger partial charge in [0.25, 0.3) is 5.78 Å². The van der Waals surface area contributed by atoms with Crippen LogP contribution in [0.25, 0.3) is 5.76 Å². The SMILES string of the molecule is CCOc1ccc(/C(O)=C2\C(=O)C(=O)N(c3cc(C)on3)C2c2ccc(Br)cc2)cc1. The number of ether oxygens (including phenoxy) is 1. The van der Waals surface area contributed by atoms with Crippen LogP contribution in [0.15, 0.2) is 69.2 Å². The minimum Gasteiger partial charge on any atom is -0.507 e. The summed E-state index contributed by atoms with van der Waals surface area (Å²) in [5.74, 6) is -0.496. The van der Waals surface area contributed by atoms with Crippen LogP contribution in [0.3, 0.4) is 0 Å². The van der Waals surface area contributed by atoms with Crippen molar-refractivity contribution in [3.63, 3.8) is 0 Å². The van der Waals surface area contributed by atoms with Crippen LogP contribution < -0.4 is 9.64 Å². The zero-order valence-electron chi connectivity index (χ0n) is 16.8. The number of ketones is 1. The van der Waals surface area contributed by atoms with Gasteiger partial charge in [0.2, 0.25) is 0 Å². The van der Waals surface area contributed by atoms with E-state index in [1.165, 1.54) is 4.90 Å². The molecule has 1 atom stereocenters. The summed E-state index contributed by atoms with van der Waals surface area (Å²) < 4.78 is 11.4. The summed E-state index contributed by atoms with van der Waals surface area (Å²) in [4.78, 5) is 27.3. The molecule has 8 heteroatoms. The van der Waals surface area contributed by atoms with Crippen LogP contribution in [0.2, 0.25) is 0 Å². The molecule has 2 aromatic carbocycles. The second-order valence-electron chi connectivity index (χ2n) is 6.97. The van der Waals surface area contributed by atoms with Crippen LogP contribution in [-0.4, -0.2) is 28.6 Å². The molecule has 0 saturated carbocycles. The number of aliphatic hydroxyl groups is 1. The van der Waals surface area contributed by atoms with Gasteiger partial charge in [-0.15, -0.1) is 0 Å². The van der Waals surface area contributed by atoms with Crippen LogP contribution >= 0.6 is 15.9 Å². The van der Waals surface area contributed by atoms with Gasteiger partial charge in [-0.2, -0.15) is 0 Å². The van der Waals surface area contributed by atoms with E-state index in [1.807, 2.05) is 6.92 Å². The Labute approximate surface area is 187 Å². The van der Waals surface area contributed by atoms with Crippen LogP contribution in [0.4, 0.5) is 5.82 Å². The Balaban J connectivity index is 1.87. The second-order valence-corrected chi connectivity index (χ2v) is 7.89. The molecule has 1 fully saturated rings. The maximum Gasteiger partial charge on any atom is 0.301 e. The number of Topliss-reactive ketones (excluding diaryl/α,β-unsaturated/α-hetero) is 1. The van der Waals surface area contributed by atoms with Gasteiger partial charge >= 0.3 is 5.91 Å². The molecule has 0 spiro atoms. The highest BCUT2D eigenvalue weighted by molar-refractivity contribution is 9.10. The van der Waals surface area contributed by atoms with E-state index in [9.17, 15) is 14.7 Å². The molecule has 0 aliphatic carbocycles. The number of aliphatic hydroxyl groups excluding tert-OH is 1. The average Bonchev–Trinajstić information content (AvgIpc) is 3.30. The van der Waals surface area contributed by atoms with Crippen LogP contribution in [-0.2, 0) is 9.59 Å². The van der Waals surface area contributed by atoms with Crippen molar-refractivity contribution in [2.75, 3.05) is 11.5 Å². The van der Waals surface area contributed by atoms with E-state index in [2.05, 4.69) is 21.1 Å². The molecule has 1 saturated heterocycles. The number of anilines is 1. The standard InChI is InChI=1S/C23H19BrN2O5/c1-3-30-17-10-6-15(7-11-17)21(27)19-20(14-4-8-16(24)9-5-14)26(23(29)22(19)28)18-12-13(2)31-25-18/h4-12,20,27H,3H2,1-2H3/b21-19+. The lowest BCUT2D eigenvalue weighted by Gasteiger charge is -2.22. The molecule has 1 unspecified atom stereocenters. The summed E-state index contributed by atoms with van der Waals surface area (Å²) in [6.07, 6.45) is 0. The molecule has 31 heavy (non-hydrogen) atoms. The summed E-state index contributed by atoms with van der Waals surface area (Å²) in [7, 11) is 0. The number of hydrogen-bond acceptors (Lipinski definition) is 6. The highest BCUT2D eigenvalue weighted by Crippen LogP contribution is 2.42. The number of carbonyl (C=O) groups excluding carboxylic acids is 2. The number of benzene rings is 2. The summed E-state index contributed by atoms with van der Waals surface area (Å²) in [6, 6.07) is 14.6. The van der Waals surface area contributed by atoms with Gasteiger partial charge in [-0.05, 0) is 55.8 Å². The van der Waals surface area contributed by atoms with Crippen molar-refractivity contribution in [3.05, 3.63) is 81.5 Å². The van der Waals surface area contributed by atoms with Crippen molar-refractivity contribution < 1.29 is 24.0 Å². The Morgan fingerprint density at radius 1 is 1.16 bits per heavy atom. The van der Waals surface area contributed by atoms with Gasteiger partial charge in [-0.3, -0.25) is 14.5 Å². The van der Waals surface area contributed by atoms with Crippen molar-refractivity contribution in [2.45, 2.75) is 19.9 Å². The van der Waals surface area contributed by atoms with Crippen molar-refractivity contribution in [3.8, 4) is 5.75 Å². The summed E-state index contributed by atoms with van der Waals surface area (Å²) in [5, 5.41) is 15.0. The lowest BCUT2D eigenvalue weighted by Crippen LogP contribution is -2.29. The van der Waals surface area contributed by atoms with Crippen LogP contribution in [0.1, 0.15) is 29.9 Å². The predicted octanol–water partition coefficient (Wildman–Crippen LogP) is 4.77. The maximum atomic E-state index is 13.0. The van der Waals surface area contributed by atoms with E-state index in [0.717, 1.165) is 4.47 Å². The van der Waals surface area contributed by atoms with Gasteiger partial charge in [-0.1, -0.05) is 33.2 Å². The Hall–Kier alpha value is -3.39. The van der Waals surface area contributed by atoms with Gasteiger partial charge in [0, 0.05) is 16.1 Å². The Kier molecular flexibility index (Phi) is 5.65. The Bertz CT molecular complexity index is 1170. The third-order valence-electron chi connectivity index (χ3n) is 4.93. The first-order valence-corrected chi connectivity index (χ1v) is 10.4. The van der Waals surface area contributed by atoms with E-state index in [1.54, 1.807) is 61.5 Å². The van der Waals surface area contributed by atoms with Crippen molar-refractivity contribution in [1.29, 1.82) is 0 Å². The molecule has 1 aliphatic heterocycles.